The summed E-state index contributed by atoms with van der Waals surface area (Å²) in [6.07, 6.45) is 7.80. The Kier molecular flexibility index (Phi) is 4.43. The second-order valence-electron chi connectivity index (χ2n) is 6.86. The molecule has 0 fully saturated rings. The third kappa shape index (κ3) is 3.68. The van der Waals surface area contributed by atoms with Gasteiger partial charge in [0.25, 0.3) is 0 Å². The highest BCUT2D eigenvalue weighted by Crippen LogP contribution is 2.27. The van der Waals surface area contributed by atoms with Crippen LogP contribution >= 0.6 is 0 Å². The Balaban J connectivity index is 2.09. The maximum atomic E-state index is 4.47. The highest BCUT2D eigenvalue weighted by atomic mass is 15.0. The van der Waals surface area contributed by atoms with Crippen LogP contribution in [0.15, 0.2) is 6.33 Å². The van der Waals surface area contributed by atoms with E-state index in [1.807, 2.05) is 0 Å². The van der Waals surface area contributed by atoms with E-state index in [0.29, 0.717) is 11.3 Å². The minimum Gasteiger partial charge on any atom is -0.369 e. The molecule has 0 aliphatic heterocycles. The molecule has 1 aromatic heterocycles. The van der Waals surface area contributed by atoms with E-state index < -0.39 is 0 Å². The number of nitrogens with one attached hydrogen (secondary N) is 1. The number of aromatic nitrogens is 2. The van der Waals surface area contributed by atoms with Crippen molar-refractivity contribution in [3.63, 3.8) is 0 Å². The maximum Gasteiger partial charge on any atom is 0.132 e. The van der Waals surface area contributed by atoms with Gasteiger partial charge in [-0.25, -0.2) is 9.97 Å². The molecule has 0 amide bonds. The van der Waals surface area contributed by atoms with E-state index in [0.717, 1.165) is 25.2 Å². The smallest absolute Gasteiger partial charge is 0.132 e. The summed E-state index contributed by atoms with van der Waals surface area (Å²) in [5.41, 5.74) is 2.95. The van der Waals surface area contributed by atoms with Crippen LogP contribution in [0.1, 0.15) is 58.2 Å². The van der Waals surface area contributed by atoms with Crippen LogP contribution in [-0.2, 0) is 12.8 Å². The van der Waals surface area contributed by atoms with Crippen molar-refractivity contribution >= 4 is 5.82 Å². The van der Waals surface area contributed by atoms with Crippen LogP contribution in [0.4, 0.5) is 5.82 Å². The standard InChI is InChI=1S/C16H27N3/c1-12(16(2,3)4)10-17-15-13-8-6-5-7-9-14(13)18-11-19-15/h11-12H,5-10H2,1-4H3,(H,17,18,19). The quantitative estimate of drug-likeness (QED) is 0.840. The summed E-state index contributed by atoms with van der Waals surface area (Å²) in [4.78, 5) is 8.93. The summed E-state index contributed by atoms with van der Waals surface area (Å²) in [5.74, 6) is 1.69. The largest absolute Gasteiger partial charge is 0.369 e. The molecule has 1 aromatic rings. The molecule has 106 valence electrons. The highest BCUT2D eigenvalue weighted by Gasteiger charge is 2.21. The van der Waals surface area contributed by atoms with E-state index in [1.54, 1.807) is 6.33 Å². The van der Waals surface area contributed by atoms with Crippen LogP contribution < -0.4 is 5.32 Å². The van der Waals surface area contributed by atoms with Gasteiger partial charge in [0.05, 0.1) is 0 Å². The molecule has 1 unspecified atom stereocenters. The first kappa shape index (κ1) is 14.3. The average molecular weight is 261 g/mol. The van der Waals surface area contributed by atoms with E-state index in [-0.39, 0.29) is 0 Å². The molecule has 2 rings (SSSR count). The Hall–Kier alpha value is -1.12. The first-order chi connectivity index (χ1) is 8.98. The van der Waals surface area contributed by atoms with Gasteiger partial charge >= 0.3 is 0 Å². The van der Waals surface area contributed by atoms with Gasteiger partial charge in [-0.2, -0.15) is 0 Å². The van der Waals surface area contributed by atoms with Crippen LogP contribution in [0.5, 0.6) is 0 Å². The molecule has 0 saturated carbocycles. The molecule has 1 aliphatic rings. The monoisotopic (exact) mass is 261 g/mol. The van der Waals surface area contributed by atoms with E-state index in [4.69, 9.17) is 0 Å². The van der Waals surface area contributed by atoms with Crippen molar-refractivity contribution in [3.8, 4) is 0 Å². The van der Waals surface area contributed by atoms with Gasteiger partial charge in [-0.05, 0) is 37.0 Å². The number of nitrogens with zero attached hydrogens (tertiary/aromatic N) is 2. The maximum absolute atomic E-state index is 4.47. The predicted octanol–water partition coefficient (Wildman–Crippen LogP) is 3.84. The van der Waals surface area contributed by atoms with Gasteiger partial charge in [-0.1, -0.05) is 34.1 Å². The molecule has 19 heavy (non-hydrogen) atoms. The number of aryl methyl sites for hydroxylation is 1. The molecular formula is C16H27N3. The Morgan fingerprint density at radius 3 is 2.63 bits per heavy atom. The van der Waals surface area contributed by atoms with Crippen molar-refractivity contribution in [3.05, 3.63) is 17.6 Å². The summed E-state index contributed by atoms with van der Waals surface area (Å²) < 4.78 is 0. The van der Waals surface area contributed by atoms with Crippen LogP contribution in [0.25, 0.3) is 0 Å². The molecule has 0 saturated heterocycles. The van der Waals surface area contributed by atoms with Crippen LogP contribution in [0.2, 0.25) is 0 Å². The molecule has 3 nitrogen and oxygen atoms in total. The minimum absolute atomic E-state index is 0.330. The summed E-state index contributed by atoms with van der Waals surface area (Å²) in [6.45, 7) is 10.2. The van der Waals surface area contributed by atoms with Gasteiger partial charge in [-0.3, -0.25) is 0 Å². The molecule has 1 N–H and O–H groups in total. The van der Waals surface area contributed by atoms with E-state index in [9.17, 15) is 0 Å². The average Bonchev–Trinajstić information content (AvgIpc) is 2.60. The van der Waals surface area contributed by atoms with Crippen molar-refractivity contribution in [2.45, 2.75) is 59.8 Å². The molecule has 1 aliphatic carbocycles. The van der Waals surface area contributed by atoms with Gasteiger partial charge in [0, 0.05) is 17.8 Å². The van der Waals surface area contributed by atoms with Crippen molar-refractivity contribution in [2.75, 3.05) is 11.9 Å². The Bertz CT molecular complexity index is 420. The van der Waals surface area contributed by atoms with E-state index >= 15 is 0 Å². The lowest BCUT2D eigenvalue weighted by atomic mass is 9.82. The summed E-state index contributed by atoms with van der Waals surface area (Å²) in [5, 5.41) is 3.56. The first-order valence-electron chi connectivity index (χ1n) is 7.55. The summed E-state index contributed by atoms with van der Waals surface area (Å²) in [7, 11) is 0. The molecule has 3 heteroatoms. The molecule has 1 atom stereocenters. The number of fused-ring (bicyclic) bond motifs is 1. The zero-order valence-electron chi connectivity index (χ0n) is 12.8. The van der Waals surface area contributed by atoms with Gasteiger partial charge in [-0.15, -0.1) is 0 Å². The minimum atomic E-state index is 0.330. The lowest BCUT2D eigenvalue weighted by molar-refractivity contribution is 0.274. The van der Waals surface area contributed by atoms with Gasteiger partial charge in [0.2, 0.25) is 0 Å². The van der Waals surface area contributed by atoms with E-state index in [1.165, 1.54) is 30.5 Å². The first-order valence-corrected chi connectivity index (χ1v) is 7.55. The van der Waals surface area contributed by atoms with Crippen molar-refractivity contribution in [1.29, 1.82) is 0 Å². The molecule has 1 heterocycles. The fraction of sp³-hybridized carbons (Fsp3) is 0.750. The fourth-order valence-electron chi connectivity index (χ4n) is 2.41. The number of hydrogen-bond acceptors (Lipinski definition) is 3. The number of anilines is 1. The lowest BCUT2D eigenvalue weighted by Gasteiger charge is -2.28. The number of hydrogen-bond donors (Lipinski definition) is 1. The molecule has 0 aromatic carbocycles. The molecule has 0 spiro atoms. The molecule has 0 radical (unpaired) electrons. The van der Waals surface area contributed by atoms with Crippen LogP contribution in [0, 0.1) is 11.3 Å². The topological polar surface area (TPSA) is 37.8 Å². The SMILES string of the molecule is CC(CNc1ncnc2c1CCCCC2)C(C)(C)C. The fourth-order valence-corrected chi connectivity index (χ4v) is 2.41. The zero-order chi connectivity index (χ0) is 13.9. The highest BCUT2D eigenvalue weighted by molar-refractivity contribution is 5.46. The van der Waals surface area contributed by atoms with Crippen LogP contribution in [-0.4, -0.2) is 16.5 Å². The van der Waals surface area contributed by atoms with Crippen molar-refractivity contribution in [1.82, 2.24) is 9.97 Å². The van der Waals surface area contributed by atoms with E-state index in [2.05, 4.69) is 43.0 Å². The Labute approximate surface area is 117 Å². The van der Waals surface area contributed by atoms with Gasteiger partial charge in [0.15, 0.2) is 0 Å². The van der Waals surface area contributed by atoms with Gasteiger partial charge in [0.1, 0.15) is 12.1 Å². The Morgan fingerprint density at radius 1 is 1.16 bits per heavy atom. The van der Waals surface area contributed by atoms with Crippen molar-refractivity contribution < 1.29 is 0 Å². The third-order valence-electron chi connectivity index (χ3n) is 4.43. The normalized spacial score (nSPS) is 17.5. The zero-order valence-corrected chi connectivity index (χ0v) is 12.8. The summed E-state index contributed by atoms with van der Waals surface area (Å²) in [6, 6.07) is 0. The van der Waals surface area contributed by atoms with Gasteiger partial charge < -0.3 is 5.32 Å². The second-order valence-corrected chi connectivity index (χ2v) is 6.86. The second kappa shape index (κ2) is 5.89. The van der Waals surface area contributed by atoms with Crippen LogP contribution in [0.3, 0.4) is 0 Å². The number of rotatable bonds is 3. The predicted molar refractivity (Wildman–Crippen MR) is 80.4 cm³/mol. The molecular weight excluding hydrogens is 234 g/mol. The lowest BCUT2D eigenvalue weighted by Crippen LogP contribution is -2.25. The summed E-state index contributed by atoms with van der Waals surface area (Å²) >= 11 is 0. The Morgan fingerprint density at radius 2 is 1.89 bits per heavy atom. The molecule has 0 bridgehead atoms. The van der Waals surface area contributed by atoms with Crippen molar-refractivity contribution in [2.24, 2.45) is 11.3 Å². The third-order valence-corrected chi connectivity index (χ3v) is 4.43.